The third-order valence-corrected chi connectivity index (χ3v) is 6.57. The van der Waals surface area contributed by atoms with Crippen molar-refractivity contribution in [2.24, 2.45) is 0 Å². The molecule has 0 N–H and O–H groups in total. The molecule has 0 bridgehead atoms. The number of para-hydroxylation sites is 1. The van der Waals surface area contributed by atoms with Gasteiger partial charge >= 0.3 is 0 Å². The van der Waals surface area contributed by atoms with E-state index in [0.717, 1.165) is 28.2 Å². The Labute approximate surface area is 215 Å². The summed E-state index contributed by atoms with van der Waals surface area (Å²) in [5, 5.41) is 0. The van der Waals surface area contributed by atoms with Gasteiger partial charge in [-0.3, -0.25) is 9.69 Å². The molecule has 2 aliphatic rings. The normalized spacial score (nSPS) is 15.5. The fourth-order valence-electron chi connectivity index (χ4n) is 4.81. The minimum atomic E-state index is -0.184. The predicted octanol–water partition coefficient (Wildman–Crippen LogP) is 5.00. The van der Waals surface area contributed by atoms with E-state index in [-0.39, 0.29) is 11.5 Å². The Morgan fingerprint density at radius 2 is 1.62 bits per heavy atom. The van der Waals surface area contributed by atoms with Crippen LogP contribution in [-0.4, -0.2) is 45.9 Å². The van der Waals surface area contributed by atoms with Gasteiger partial charge in [0.1, 0.15) is 24.0 Å². The van der Waals surface area contributed by atoms with Crippen molar-refractivity contribution in [3.05, 3.63) is 76.0 Å². The number of fused-ring (bicyclic) bond motifs is 2. The number of allylic oxidation sites excluding steroid dienone is 1. The summed E-state index contributed by atoms with van der Waals surface area (Å²) in [6.45, 7) is 3.65. The van der Waals surface area contributed by atoms with Crippen LogP contribution in [-0.2, 0) is 13.1 Å². The Morgan fingerprint density at radius 3 is 2.30 bits per heavy atom. The Morgan fingerprint density at radius 1 is 0.919 bits per heavy atom. The molecule has 0 atom stereocenters. The van der Waals surface area contributed by atoms with Crippen LogP contribution in [0.1, 0.15) is 32.6 Å². The van der Waals surface area contributed by atoms with E-state index in [0.29, 0.717) is 53.9 Å². The van der Waals surface area contributed by atoms with Crippen molar-refractivity contribution in [3.8, 4) is 34.5 Å². The Balaban J connectivity index is 1.43. The summed E-state index contributed by atoms with van der Waals surface area (Å²) in [6, 6.07) is 13.3. The largest absolute Gasteiger partial charge is 0.496 e. The second kappa shape index (κ2) is 10.1. The number of rotatable bonds is 7. The number of hydrogen-bond acceptors (Lipinski definition) is 8. The monoisotopic (exact) mass is 503 g/mol. The first-order chi connectivity index (χ1) is 18.0. The summed E-state index contributed by atoms with van der Waals surface area (Å²) in [5.74, 6) is 3.63. The van der Waals surface area contributed by atoms with Gasteiger partial charge in [0.2, 0.25) is 11.5 Å². The molecule has 192 valence electrons. The van der Waals surface area contributed by atoms with Crippen LogP contribution in [0.25, 0.3) is 6.08 Å². The van der Waals surface area contributed by atoms with Crippen molar-refractivity contribution in [2.45, 2.75) is 20.0 Å². The first kappa shape index (κ1) is 24.5. The standard InChI is InChI=1S/C29H29NO7/c1-17-27-20(15-30(16-36-27)14-19-8-6-7-9-22(19)32-2)13-21-26(31)23(37-28(17)21)10-18-11-24(33-3)29(35-5)25(12-18)34-4/h6-13H,14-16H2,1-5H3/b23-10-. The predicted molar refractivity (Wildman–Crippen MR) is 138 cm³/mol. The number of hydrogen-bond donors (Lipinski definition) is 0. The first-order valence-electron chi connectivity index (χ1n) is 11.8. The summed E-state index contributed by atoms with van der Waals surface area (Å²) in [7, 11) is 6.31. The molecule has 8 heteroatoms. The minimum absolute atomic E-state index is 0.184. The quantitative estimate of drug-likeness (QED) is 0.417. The first-order valence-corrected chi connectivity index (χ1v) is 11.8. The number of ether oxygens (including phenoxy) is 6. The summed E-state index contributed by atoms with van der Waals surface area (Å²) in [6.07, 6.45) is 1.68. The average Bonchev–Trinajstić information content (AvgIpc) is 3.23. The maximum atomic E-state index is 13.4. The van der Waals surface area contributed by atoms with Crippen LogP contribution in [0.5, 0.6) is 34.5 Å². The van der Waals surface area contributed by atoms with Crippen molar-refractivity contribution in [1.29, 1.82) is 0 Å². The molecule has 37 heavy (non-hydrogen) atoms. The highest BCUT2D eigenvalue weighted by molar-refractivity contribution is 6.15. The molecule has 0 radical (unpaired) electrons. The van der Waals surface area contributed by atoms with E-state index >= 15 is 0 Å². The lowest BCUT2D eigenvalue weighted by Gasteiger charge is -2.30. The number of carbonyl (C=O) groups is 1. The third kappa shape index (κ3) is 4.44. The molecule has 0 amide bonds. The van der Waals surface area contributed by atoms with Gasteiger partial charge in [-0.25, -0.2) is 0 Å². The number of carbonyl (C=O) groups excluding carboxylic acids is 1. The number of nitrogens with zero attached hydrogens (tertiary/aromatic N) is 1. The van der Waals surface area contributed by atoms with Gasteiger partial charge < -0.3 is 28.4 Å². The fourth-order valence-corrected chi connectivity index (χ4v) is 4.81. The molecule has 0 unspecified atom stereocenters. The van der Waals surface area contributed by atoms with Gasteiger partial charge in [0, 0.05) is 29.8 Å². The van der Waals surface area contributed by atoms with Crippen LogP contribution in [0.2, 0.25) is 0 Å². The van der Waals surface area contributed by atoms with E-state index in [2.05, 4.69) is 4.90 Å². The maximum absolute atomic E-state index is 13.4. The highest BCUT2D eigenvalue weighted by Gasteiger charge is 2.34. The molecular formula is C29H29NO7. The van der Waals surface area contributed by atoms with Gasteiger partial charge in [-0.2, -0.15) is 0 Å². The lowest BCUT2D eigenvalue weighted by molar-refractivity contribution is 0.0869. The van der Waals surface area contributed by atoms with E-state index in [1.807, 2.05) is 37.3 Å². The highest BCUT2D eigenvalue weighted by atomic mass is 16.5. The molecule has 8 nitrogen and oxygen atoms in total. The topological polar surface area (TPSA) is 75.7 Å². The van der Waals surface area contributed by atoms with E-state index in [1.165, 1.54) is 0 Å². The molecule has 0 saturated heterocycles. The number of methoxy groups -OCH3 is 4. The van der Waals surface area contributed by atoms with Crippen LogP contribution in [0, 0.1) is 6.92 Å². The SMILES string of the molecule is COc1ccccc1CN1COc2c(cc3c(c2C)O/C(=C\c2cc(OC)c(OC)c(OC)c2)C3=O)C1. The third-order valence-electron chi connectivity index (χ3n) is 6.57. The van der Waals surface area contributed by atoms with Crippen LogP contribution >= 0.6 is 0 Å². The summed E-state index contributed by atoms with van der Waals surface area (Å²) >= 11 is 0. The molecule has 0 fully saturated rings. The second-order valence-corrected chi connectivity index (χ2v) is 8.84. The van der Waals surface area contributed by atoms with Gasteiger partial charge in [0.25, 0.3) is 0 Å². The molecule has 2 heterocycles. The molecule has 0 saturated carbocycles. The van der Waals surface area contributed by atoms with E-state index in [1.54, 1.807) is 46.6 Å². The number of ketones is 1. The molecule has 3 aromatic rings. The maximum Gasteiger partial charge on any atom is 0.231 e. The zero-order valence-corrected chi connectivity index (χ0v) is 21.5. The van der Waals surface area contributed by atoms with E-state index < -0.39 is 0 Å². The zero-order chi connectivity index (χ0) is 26.1. The number of benzene rings is 3. The smallest absolute Gasteiger partial charge is 0.231 e. The van der Waals surface area contributed by atoms with E-state index in [9.17, 15) is 4.79 Å². The molecule has 5 rings (SSSR count). The summed E-state index contributed by atoms with van der Waals surface area (Å²) < 4.78 is 34.0. The van der Waals surface area contributed by atoms with Crippen LogP contribution in [0.3, 0.4) is 0 Å². The molecule has 0 spiro atoms. The Kier molecular flexibility index (Phi) is 6.67. The fraction of sp³-hybridized carbons (Fsp3) is 0.276. The molecule has 0 aromatic heterocycles. The number of Topliss-reactive ketones (excluding diaryl/α,β-unsaturated/α-hetero) is 1. The zero-order valence-electron chi connectivity index (χ0n) is 21.5. The lowest BCUT2D eigenvalue weighted by atomic mass is 9.99. The van der Waals surface area contributed by atoms with Gasteiger partial charge in [0.05, 0.1) is 34.0 Å². The lowest BCUT2D eigenvalue weighted by Crippen LogP contribution is -2.32. The summed E-state index contributed by atoms with van der Waals surface area (Å²) in [5.41, 5.74) is 4.05. The van der Waals surface area contributed by atoms with Gasteiger partial charge in [-0.1, -0.05) is 18.2 Å². The van der Waals surface area contributed by atoms with Crippen molar-refractivity contribution >= 4 is 11.9 Å². The van der Waals surface area contributed by atoms with Crippen LogP contribution < -0.4 is 28.4 Å². The van der Waals surface area contributed by atoms with Crippen molar-refractivity contribution in [1.82, 2.24) is 4.90 Å². The van der Waals surface area contributed by atoms with Gasteiger partial charge in [-0.05, 0) is 42.8 Å². The van der Waals surface area contributed by atoms with Crippen LogP contribution in [0.15, 0.2) is 48.2 Å². The van der Waals surface area contributed by atoms with Gasteiger partial charge in [0.15, 0.2) is 17.3 Å². The molecule has 3 aromatic carbocycles. The Bertz CT molecular complexity index is 1370. The van der Waals surface area contributed by atoms with Gasteiger partial charge in [-0.15, -0.1) is 0 Å². The highest BCUT2D eigenvalue weighted by Crippen LogP contribution is 2.44. The van der Waals surface area contributed by atoms with E-state index in [4.69, 9.17) is 28.4 Å². The average molecular weight is 504 g/mol. The van der Waals surface area contributed by atoms with Crippen molar-refractivity contribution in [2.75, 3.05) is 35.2 Å². The van der Waals surface area contributed by atoms with Crippen molar-refractivity contribution < 1.29 is 33.2 Å². The minimum Gasteiger partial charge on any atom is -0.496 e. The summed E-state index contributed by atoms with van der Waals surface area (Å²) in [4.78, 5) is 15.5. The second-order valence-electron chi connectivity index (χ2n) is 8.84. The molecular weight excluding hydrogens is 474 g/mol. The molecule has 2 aliphatic heterocycles. The van der Waals surface area contributed by atoms with Crippen molar-refractivity contribution in [3.63, 3.8) is 0 Å². The Hall–Kier alpha value is -4.17. The molecule has 0 aliphatic carbocycles. The van der Waals surface area contributed by atoms with Crippen LogP contribution in [0.4, 0.5) is 0 Å².